The van der Waals surface area contributed by atoms with Crippen LogP contribution >= 0.6 is 0 Å². The van der Waals surface area contributed by atoms with Crippen molar-refractivity contribution in [2.45, 2.75) is 46.3 Å². The summed E-state index contributed by atoms with van der Waals surface area (Å²) < 4.78 is 3.73. The molecule has 20 heavy (non-hydrogen) atoms. The third-order valence-corrected chi connectivity index (χ3v) is 3.19. The minimum atomic E-state index is -0.321. The summed E-state index contributed by atoms with van der Waals surface area (Å²) in [4.78, 5) is 16.4. The van der Waals surface area contributed by atoms with E-state index >= 15 is 0 Å². The third kappa shape index (κ3) is 3.26. The van der Waals surface area contributed by atoms with E-state index in [4.69, 9.17) is 0 Å². The lowest BCUT2D eigenvalue weighted by Gasteiger charge is -2.13. The maximum atomic E-state index is 12.1. The molecule has 0 saturated heterocycles. The van der Waals surface area contributed by atoms with Crippen LogP contribution in [0.2, 0.25) is 0 Å². The number of hydrogen-bond donors (Lipinski definition) is 1. The van der Waals surface area contributed by atoms with E-state index in [-0.39, 0.29) is 11.9 Å². The summed E-state index contributed by atoms with van der Waals surface area (Å²) in [5, 5.41) is 7.07. The Labute approximate surface area is 118 Å². The first-order valence-corrected chi connectivity index (χ1v) is 6.90. The minimum Gasteiger partial charge on any atom is -0.347 e. The Morgan fingerprint density at radius 2 is 2.30 bits per heavy atom. The molecule has 0 saturated carbocycles. The summed E-state index contributed by atoms with van der Waals surface area (Å²) in [6.45, 7) is 7.26. The lowest BCUT2D eigenvalue weighted by atomic mass is 10.3. The molecule has 2 heterocycles. The monoisotopic (exact) mass is 275 g/mol. The summed E-state index contributed by atoms with van der Waals surface area (Å²) in [5.74, 6) is 0.822. The van der Waals surface area contributed by atoms with E-state index in [1.54, 1.807) is 17.1 Å². The molecule has 0 aromatic carbocycles. The van der Waals surface area contributed by atoms with E-state index in [0.29, 0.717) is 6.54 Å². The molecule has 0 aliphatic heterocycles. The molecule has 0 unspecified atom stereocenters. The van der Waals surface area contributed by atoms with E-state index in [0.717, 1.165) is 24.4 Å². The van der Waals surface area contributed by atoms with Crippen LogP contribution < -0.4 is 5.32 Å². The number of hydrogen-bond acceptors (Lipinski definition) is 3. The molecule has 108 valence electrons. The fraction of sp³-hybridized carbons (Fsp3) is 0.500. The third-order valence-electron chi connectivity index (χ3n) is 3.19. The smallest absolute Gasteiger partial charge is 0.244 e. The van der Waals surface area contributed by atoms with Gasteiger partial charge >= 0.3 is 0 Å². The van der Waals surface area contributed by atoms with E-state index in [9.17, 15) is 4.79 Å². The van der Waals surface area contributed by atoms with Gasteiger partial charge in [-0.15, -0.1) is 0 Å². The summed E-state index contributed by atoms with van der Waals surface area (Å²) in [7, 11) is 0. The second kappa shape index (κ2) is 6.36. The maximum Gasteiger partial charge on any atom is 0.244 e. The average molecular weight is 275 g/mol. The molecule has 0 bridgehead atoms. The van der Waals surface area contributed by atoms with E-state index in [1.807, 2.05) is 26.2 Å². The van der Waals surface area contributed by atoms with Gasteiger partial charge in [0.25, 0.3) is 0 Å². The van der Waals surface area contributed by atoms with E-state index in [1.165, 1.54) is 0 Å². The summed E-state index contributed by atoms with van der Waals surface area (Å²) in [6, 6.07) is -0.321. The molecule has 0 spiro atoms. The molecule has 1 N–H and O–H groups in total. The Morgan fingerprint density at radius 3 is 2.95 bits per heavy atom. The van der Waals surface area contributed by atoms with Crippen LogP contribution in [0.15, 0.2) is 24.8 Å². The lowest BCUT2D eigenvalue weighted by Crippen LogP contribution is -2.31. The van der Waals surface area contributed by atoms with Crippen LogP contribution in [0.25, 0.3) is 0 Å². The Morgan fingerprint density at radius 1 is 1.50 bits per heavy atom. The molecule has 6 nitrogen and oxygen atoms in total. The Kier molecular flexibility index (Phi) is 4.55. The van der Waals surface area contributed by atoms with Crippen molar-refractivity contribution >= 4 is 5.91 Å². The van der Waals surface area contributed by atoms with Crippen molar-refractivity contribution in [1.82, 2.24) is 24.6 Å². The minimum absolute atomic E-state index is 0.0563. The summed E-state index contributed by atoms with van der Waals surface area (Å²) >= 11 is 0. The Balaban J connectivity index is 1.93. The molecule has 1 atom stereocenters. The predicted octanol–water partition coefficient (Wildman–Crippen LogP) is 1.68. The summed E-state index contributed by atoms with van der Waals surface area (Å²) in [5.41, 5.74) is 1.04. The maximum absolute atomic E-state index is 12.1. The van der Waals surface area contributed by atoms with Crippen LogP contribution in [0.5, 0.6) is 0 Å². The van der Waals surface area contributed by atoms with Crippen molar-refractivity contribution < 1.29 is 4.79 Å². The van der Waals surface area contributed by atoms with Gasteiger partial charge in [0, 0.05) is 25.1 Å². The van der Waals surface area contributed by atoms with Crippen molar-refractivity contribution in [2.75, 3.05) is 0 Å². The van der Waals surface area contributed by atoms with Gasteiger partial charge in [0.15, 0.2) is 0 Å². The van der Waals surface area contributed by atoms with Crippen LogP contribution in [-0.2, 0) is 17.9 Å². The van der Waals surface area contributed by atoms with Gasteiger partial charge in [-0.05, 0) is 25.8 Å². The van der Waals surface area contributed by atoms with Gasteiger partial charge in [-0.2, -0.15) is 5.10 Å². The van der Waals surface area contributed by atoms with Crippen LogP contribution in [0.4, 0.5) is 0 Å². The van der Waals surface area contributed by atoms with Crippen molar-refractivity contribution in [3.63, 3.8) is 0 Å². The van der Waals surface area contributed by atoms with Gasteiger partial charge < -0.3 is 9.88 Å². The van der Waals surface area contributed by atoms with Gasteiger partial charge in [-0.1, -0.05) is 6.92 Å². The molecule has 2 rings (SSSR count). The number of aryl methyl sites for hydroxylation is 2. The second-order valence-corrected chi connectivity index (χ2v) is 4.93. The van der Waals surface area contributed by atoms with E-state index in [2.05, 4.69) is 26.9 Å². The number of amides is 1. The van der Waals surface area contributed by atoms with Crippen LogP contribution in [0, 0.1) is 6.92 Å². The standard InChI is InChI=1S/C14H21N5O/c1-4-6-18-7-5-15-13(18)9-16-14(20)12(3)19-10-11(2)8-17-19/h5,7-8,10,12H,4,6,9H2,1-3H3,(H,16,20)/t12-/m1/s1. The molecule has 1 amide bonds. The number of aromatic nitrogens is 4. The Bertz CT molecular complexity index is 572. The van der Waals surface area contributed by atoms with Gasteiger partial charge in [0.05, 0.1) is 12.7 Å². The van der Waals surface area contributed by atoms with Crippen LogP contribution in [0.1, 0.15) is 37.7 Å². The Hall–Kier alpha value is -2.11. The van der Waals surface area contributed by atoms with Gasteiger partial charge in [-0.25, -0.2) is 4.98 Å². The first kappa shape index (κ1) is 14.3. The predicted molar refractivity (Wildman–Crippen MR) is 76.0 cm³/mol. The number of nitrogens with one attached hydrogen (secondary N) is 1. The van der Waals surface area contributed by atoms with Crippen molar-refractivity contribution in [1.29, 1.82) is 0 Å². The number of nitrogens with zero attached hydrogens (tertiary/aromatic N) is 4. The fourth-order valence-corrected chi connectivity index (χ4v) is 2.03. The molecule has 0 aliphatic rings. The zero-order valence-corrected chi connectivity index (χ0v) is 12.2. The highest BCUT2D eigenvalue weighted by atomic mass is 16.2. The average Bonchev–Trinajstić information content (AvgIpc) is 3.05. The topological polar surface area (TPSA) is 64.7 Å². The largest absolute Gasteiger partial charge is 0.347 e. The first-order chi connectivity index (χ1) is 9.61. The SMILES string of the molecule is CCCn1ccnc1CNC(=O)[C@@H](C)n1cc(C)cn1. The highest BCUT2D eigenvalue weighted by Crippen LogP contribution is 2.06. The molecule has 2 aromatic rings. The normalized spacial score (nSPS) is 12.3. The van der Waals surface area contributed by atoms with Gasteiger partial charge in [0.1, 0.15) is 11.9 Å². The van der Waals surface area contributed by atoms with Crippen LogP contribution in [0.3, 0.4) is 0 Å². The first-order valence-electron chi connectivity index (χ1n) is 6.90. The van der Waals surface area contributed by atoms with E-state index < -0.39 is 0 Å². The van der Waals surface area contributed by atoms with Crippen molar-refractivity contribution in [3.8, 4) is 0 Å². The molecule has 2 aromatic heterocycles. The molecule has 6 heteroatoms. The highest BCUT2D eigenvalue weighted by Gasteiger charge is 2.15. The zero-order valence-electron chi connectivity index (χ0n) is 12.2. The van der Waals surface area contributed by atoms with Gasteiger partial charge in [-0.3, -0.25) is 9.48 Å². The fourth-order valence-electron chi connectivity index (χ4n) is 2.03. The zero-order chi connectivity index (χ0) is 14.5. The quantitative estimate of drug-likeness (QED) is 0.872. The molecular formula is C14H21N5O. The summed E-state index contributed by atoms with van der Waals surface area (Å²) in [6.07, 6.45) is 8.35. The van der Waals surface area contributed by atoms with Crippen molar-refractivity contribution in [3.05, 3.63) is 36.2 Å². The number of carbonyl (C=O) groups excluding carboxylic acids is 1. The van der Waals surface area contributed by atoms with Crippen LogP contribution in [-0.4, -0.2) is 25.2 Å². The molecule has 0 radical (unpaired) electrons. The highest BCUT2D eigenvalue weighted by molar-refractivity contribution is 5.79. The van der Waals surface area contributed by atoms with Crippen molar-refractivity contribution in [2.24, 2.45) is 0 Å². The molecular weight excluding hydrogens is 254 g/mol. The molecule has 0 aliphatic carbocycles. The number of carbonyl (C=O) groups is 1. The lowest BCUT2D eigenvalue weighted by molar-refractivity contribution is -0.124. The van der Waals surface area contributed by atoms with Gasteiger partial charge in [0.2, 0.25) is 5.91 Å². The number of rotatable bonds is 6. The number of imidazole rings is 1. The second-order valence-electron chi connectivity index (χ2n) is 4.93. The molecule has 0 fully saturated rings.